The van der Waals surface area contributed by atoms with Crippen molar-refractivity contribution in [3.63, 3.8) is 0 Å². The molecule has 1 aliphatic rings. The summed E-state index contributed by atoms with van der Waals surface area (Å²) in [5, 5.41) is 9.11. The van der Waals surface area contributed by atoms with E-state index in [1.165, 1.54) is 43.3 Å². The summed E-state index contributed by atoms with van der Waals surface area (Å²) in [6.45, 7) is 4.35. The first-order valence-corrected chi connectivity index (χ1v) is 10.3. The van der Waals surface area contributed by atoms with E-state index >= 15 is 0 Å². The molecule has 2 rings (SSSR count). The third-order valence-corrected chi connectivity index (χ3v) is 5.59. The number of methoxy groups -OCH3 is 1. The second-order valence-electron chi connectivity index (χ2n) is 7.61. The summed E-state index contributed by atoms with van der Waals surface area (Å²) >= 11 is 0. The summed E-state index contributed by atoms with van der Waals surface area (Å²) in [5.41, 5.74) is 3.81. The van der Waals surface area contributed by atoms with Gasteiger partial charge in [0.1, 0.15) is 5.75 Å². The molecule has 1 aliphatic carbocycles. The molecular weight excluding hydrogens is 336 g/mol. The maximum Gasteiger partial charge on any atom is 0.303 e. The fraction of sp³-hybridized carbons (Fsp3) is 0.542. The van der Waals surface area contributed by atoms with E-state index in [4.69, 9.17) is 9.84 Å². The minimum absolute atomic E-state index is 0.233. The Kier molecular flexibility index (Phi) is 8.63. The van der Waals surface area contributed by atoms with Crippen molar-refractivity contribution in [1.29, 1.82) is 0 Å². The van der Waals surface area contributed by atoms with Crippen LogP contribution in [0.1, 0.15) is 70.8 Å². The highest BCUT2D eigenvalue weighted by Gasteiger charge is 2.23. The molecule has 1 aromatic carbocycles. The average molecular weight is 371 g/mol. The quantitative estimate of drug-likeness (QED) is 0.505. The normalized spacial score (nSPS) is 17.6. The van der Waals surface area contributed by atoms with Crippen LogP contribution in [-0.2, 0) is 4.79 Å². The number of carboxylic acids is 1. The van der Waals surface area contributed by atoms with Crippen molar-refractivity contribution in [1.82, 2.24) is 0 Å². The molecule has 0 aromatic heterocycles. The predicted octanol–water partition coefficient (Wildman–Crippen LogP) is 6.50. The van der Waals surface area contributed by atoms with Crippen molar-refractivity contribution in [2.45, 2.75) is 65.2 Å². The van der Waals surface area contributed by atoms with Crippen LogP contribution in [0.4, 0.5) is 0 Å². The highest BCUT2D eigenvalue weighted by Crippen LogP contribution is 2.37. The number of allylic oxidation sites excluding steroid dienone is 4. The van der Waals surface area contributed by atoms with Gasteiger partial charge in [-0.2, -0.15) is 0 Å². The van der Waals surface area contributed by atoms with Gasteiger partial charge < -0.3 is 9.84 Å². The SMILES string of the molecule is CCC=C(C=C(C(C)CCC(=O)O)C1CCCCC1)c1cccc(OC)c1. The van der Waals surface area contributed by atoms with E-state index < -0.39 is 5.97 Å². The minimum atomic E-state index is -0.707. The van der Waals surface area contributed by atoms with Gasteiger partial charge in [0.15, 0.2) is 0 Å². The van der Waals surface area contributed by atoms with Crippen molar-refractivity contribution < 1.29 is 14.6 Å². The number of carbonyl (C=O) groups is 1. The molecule has 3 heteroatoms. The molecule has 0 aliphatic heterocycles. The van der Waals surface area contributed by atoms with Gasteiger partial charge in [0, 0.05) is 6.42 Å². The number of aliphatic carboxylic acids is 1. The Labute approximate surface area is 164 Å². The molecule has 1 unspecified atom stereocenters. The highest BCUT2D eigenvalue weighted by atomic mass is 16.5. The first kappa shape index (κ1) is 21.3. The van der Waals surface area contributed by atoms with E-state index in [1.807, 2.05) is 12.1 Å². The highest BCUT2D eigenvalue weighted by molar-refractivity contribution is 5.75. The van der Waals surface area contributed by atoms with E-state index in [1.54, 1.807) is 7.11 Å². The largest absolute Gasteiger partial charge is 0.497 e. The van der Waals surface area contributed by atoms with Crippen molar-refractivity contribution >= 4 is 11.5 Å². The lowest BCUT2D eigenvalue weighted by Gasteiger charge is -2.29. The lowest BCUT2D eigenvalue weighted by molar-refractivity contribution is -0.137. The van der Waals surface area contributed by atoms with Crippen LogP contribution in [0.25, 0.3) is 5.57 Å². The van der Waals surface area contributed by atoms with Crippen LogP contribution in [0.5, 0.6) is 5.75 Å². The number of benzene rings is 1. The van der Waals surface area contributed by atoms with Gasteiger partial charge in [-0.05, 0) is 60.8 Å². The molecular formula is C24H34O3. The Hall–Kier alpha value is -2.03. The maximum absolute atomic E-state index is 11.1. The van der Waals surface area contributed by atoms with Gasteiger partial charge in [0.25, 0.3) is 0 Å². The standard InChI is InChI=1S/C24H34O3/c1-4-9-20(21-12-8-13-22(16-21)27-3)17-23(18(2)14-15-24(25)26)19-10-6-5-7-11-19/h8-9,12-13,16-19H,4-7,10-11,14-15H2,1-3H3,(H,25,26). The zero-order valence-electron chi connectivity index (χ0n) is 17.0. The van der Waals surface area contributed by atoms with Crippen LogP contribution in [0.15, 0.2) is 42.0 Å². The van der Waals surface area contributed by atoms with Crippen LogP contribution in [0, 0.1) is 11.8 Å². The average Bonchev–Trinajstić information content (AvgIpc) is 2.70. The van der Waals surface area contributed by atoms with Gasteiger partial charge in [0.05, 0.1) is 7.11 Å². The van der Waals surface area contributed by atoms with Crippen LogP contribution in [0.3, 0.4) is 0 Å². The lowest BCUT2D eigenvalue weighted by atomic mass is 9.76. The lowest BCUT2D eigenvalue weighted by Crippen LogP contribution is -2.16. The van der Waals surface area contributed by atoms with Crippen LogP contribution in [0.2, 0.25) is 0 Å². The molecule has 0 spiro atoms. The Morgan fingerprint density at radius 2 is 2.04 bits per heavy atom. The summed E-state index contributed by atoms with van der Waals surface area (Å²) < 4.78 is 5.40. The van der Waals surface area contributed by atoms with Gasteiger partial charge in [-0.1, -0.05) is 63.0 Å². The summed E-state index contributed by atoms with van der Waals surface area (Å²) in [7, 11) is 1.69. The summed E-state index contributed by atoms with van der Waals surface area (Å²) in [6, 6.07) is 8.20. The van der Waals surface area contributed by atoms with E-state index in [0.29, 0.717) is 12.3 Å². The molecule has 0 amide bonds. The first-order chi connectivity index (χ1) is 13.0. The Balaban J connectivity index is 2.37. The number of rotatable bonds is 9. The van der Waals surface area contributed by atoms with Crippen molar-refractivity contribution in [2.24, 2.45) is 11.8 Å². The van der Waals surface area contributed by atoms with Gasteiger partial charge in [0.2, 0.25) is 0 Å². The second-order valence-corrected chi connectivity index (χ2v) is 7.61. The summed E-state index contributed by atoms with van der Waals surface area (Å²) in [4.78, 5) is 11.1. The topological polar surface area (TPSA) is 46.5 Å². The zero-order chi connectivity index (χ0) is 19.6. The Bertz CT molecular complexity index is 666. The Morgan fingerprint density at radius 3 is 2.67 bits per heavy atom. The molecule has 1 aromatic rings. The second kappa shape index (κ2) is 11.0. The Morgan fingerprint density at radius 1 is 1.30 bits per heavy atom. The van der Waals surface area contributed by atoms with Crippen molar-refractivity contribution in [2.75, 3.05) is 7.11 Å². The number of hydrogen-bond donors (Lipinski definition) is 1. The molecule has 27 heavy (non-hydrogen) atoms. The molecule has 148 valence electrons. The summed E-state index contributed by atoms with van der Waals surface area (Å²) in [5.74, 6) is 1.02. The monoisotopic (exact) mass is 370 g/mol. The van der Waals surface area contributed by atoms with Gasteiger partial charge in [-0.15, -0.1) is 0 Å². The van der Waals surface area contributed by atoms with Gasteiger partial charge >= 0.3 is 5.97 Å². The fourth-order valence-corrected chi connectivity index (χ4v) is 4.07. The van der Waals surface area contributed by atoms with Gasteiger partial charge in [-0.3, -0.25) is 4.79 Å². The predicted molar refractivity (Wildman–Crippen MR) is 112 cm³/mol. The van der Waals surface area contributed by atoms with E-state index in [0.717, 1.165) is 17.7 Å². The molecule has 3 nitrogen and oxygen atoms in total. The third kappa shape index (κ3) is 6.57. The molecule has 0 bridgehead atoms. The zero-order valence-corrected chi connectivity index (χ0v) is 17.0. The molecule has 1 saturated carbocycles. The third-order valence-electron chi connectivity index (χ3n) is 5.59. The van der Waals surface area contributed by atoms with E-state index in [2.05, 4.69) is 38.1 Å². The molecule has 1 N–H and O–H groups in total. The van der Waals surface area contributed by atoms with Crippen LogP contribution >= 0.6 is 0 Å². The number of hydrogen-bond acceptors (Lipinski definition) is 2. The molecule has 1 atom stereocenters. The molecule has 1 fully saturated rings. The minimum Gasteiger partial charge on any atom is -0.497 e. The van der Waals surface area contributed by atoms with Crippen molar-refractivity contribution in [3.05, 3.63) is 47.6 Å². The number of carboxylic acid groups (broad SMARTS) is 1. The summed E-state index contributed by atoms with van der Waals surface area (Å²) in [6.07, 6.45) is 12.8. The number of ether oxygens (including phenoxy) is 1. The molecule has 0 saturated heterocycles. The first-order valence-electron chi connectivity index (χ1n) is 10.3. The maximum atomic E-state index is 11.1. The van der Waals surface area contributed by atoms with E-state index in [9.17, 15) is 4.79 Å². The fourth-order valence-electron chi connectivity index (χ4n) is 4.07. The van der Waals surface area contributed by atoms with Crippen LogP contribution < -0.4 is 4.74 Å². The van der Waals surface area contributed by atoms with E-state index in [-0.39, 0.29) is 12.3 Å². The van der Waals surface area contributed by atoms with Crippen LogP contribution in [-0.4, -0.2) is 18.2 Å². The van der Waals surface area contributed by atoms with Gasteiger partial charge in [-0.25, -0.2) is 0 Å². The smallest absolute Gasteiger partial charge is 0.303 e. The molecule has 0 radical (unpaired) electrons. The van der Waals surface area contributed by atoms with Crippen molar-refractivity contribution in [3.8, 4) is 5.75 Å². The molecule has 0 heterocycles.